The molecular weight excluding hydrogens is 283 g/mol. The van der Waals surface area contributed by atoms with E-state index in [-0.39, 0.29) is 24.5 Å². The highest BCUT2D eigenvalue weighted by Crippen LogP contribution is 2.33. The minimum absolute atomic E-state index is 0.0119. The maximum absolute atomic E-state index is 13.3. The molecule has 2 amide bonds. The van der Waals surface area contributed by atoms with E-state index in [9.17, 15) is 9.18 Å². The molecule has 0 aromatic heterocycles. The lowest BCUT2D eigenvalue weighted by atomic mass is 10.1. The van der Waals surface area contributed by atoms with Crippen molar-refractivity contribution in [2.24, 2.45) is 0 Å². The van der Waals surface area contributed by atoms with Gasteiger partial charge < -0.3 is 15.3 Å². The van der Waals surface area contributed by atoms with Gasteiger partial charge in [-0.1, -0.05) is 6.07 Å². The summed E-state index contributed by atoms with van der Waals surface area (Å²) in [5.41, 5.74) is 2.05. The van der Waals surface area contributed by atoms with Crippen LogP contribution >= 0.6 is 0 Å². The van der Waals surface area contributed by atoms with Crippen LogP contribution < -0.4 is 5.32 Å². The Labute approximate surface area is 130 Å². The third-order valence-corrected chi connectivity index (χ3v) is 4.54. The standard InChI is InChI=1S/C17H23FN2O2/c18-13-4-7-15-12(11-13)3-8-16(15)19-17(22)20(14-5-6-14)9-1-2-10-21/h4,7,11,14,16,21H,1-3,5-6,8-10H2,(H,19,22). The Balaban J connectivity index is 1.61. The highest BCUT2D eigenvalue weighted by Gasteiger charge is 2.34. The summed E-state index contributed by atoms with van der Waals surface area (Å²) < 4.78 is 13.3. The second-order valence-electron chi connectivity index (χ2n) is 6.24. The van der Waals surface area contributed by atoms with Gasteiger partial charge in [0.15, 0.2) is 0 Å². The van der Waals surface area contributed by atoms with Crippen molar-refractivity contribution in [3.05, 3.63) is 35.1 Å². The van der Waals surface area contributed by atoms with Crippen LogP contribution in [0.25, 0.3) is 0 Å². The van der Waals surface area contributed by atoms with E-state index in [1.807, 2.05) is 4.90 Å². The molecule has 0 spiro atoms. The molecule has 1 fully saturated rings. The number of nitrogens with one attached hydrogen (secondary N) is 1. The number of rotatable bonds is 6. The van der Waals surface area contributed by atoms with Gasteiger partial charge in [0.25, 0.3) is 0 Å². The lowest BCUT2D eigenvalue weighted by Crippen LogP contribution is -2.43. The second-order valence-corrected chi connectivity index (χ2v) is 6.24. The van der Waals surface area contributed by atoms with Gasteiger partial charge in [-0.15, -0.1) is 0 Å². The highest BCUT2D eigenvalue weighted by atomic mass is 19.1. The lowest BCUT2D eigenvalue weighted by molar-refractivity contribution is 0.186. The first kappa shape index (κ1) is 15.3. The summed E-state index contributed by atoms with van der Waals surface area (Å²) in [5, 5.41) is 12.0. The predicted octanol–water partition coefficient (Wildman–Crippen LogP) is 2.76. The maximum Gasteiger partial charge on any atom is 0.318 e. The van der Waals surface area contributed by atoms with Gasteiger partial charge in [0.2, 0.25) is 0 Å². The number of carbonyl (C=O) groups excluding carboxylic acids is 1. The molecule has 1 aromatic rings. The minimum Gasteiger partial charge on any atom is -0.396 e. The Morgan fingerprint density at radius 1 is 1.32 bits per heavy atom. The largest absolute Gasteiger partial charge is 0.396 e. The third kappa shape index (κ3) is 3.40. The van der Waals surface area contributed by atoms with Crippen LogP contribution in [-0.2, 0) is 6.42 Å². The van der Waals surface area contributed by atoms with E-state index < -0.39 is 0 Å². The second kappa shape index (κ2) is 6.65. The van der Waals surface area contributed by atoms with Gasteiger partial charge in [-0.25, -0.2) is 9.18 Å². The van der Waals surface area contributed by atoms with Crippen LogP contribution in [0.5, 0.6) is 0 Å². The number of benzene rings is 1. The van der Waals surface area contributed by atoms with Gasteiger partial charge in [-0.05, 0) is 61.8 Å². The average molecular weight is 306 g/mol. The molecule has 4 nitrogen and oxygen atoms in total. The number of hydrogen-bond acceptors (Lipinski definition) is 2. The van der Waals surface area contributed by atoms with E-state index in [1.54, 1.807) is 12.1 Å². The van der Waals surface area contributed by atoms with Crippen LogP contribution in [0.1, 0.15) is 49.3 Å². The fourth-order valence-corrected chi connectivity index (χ4v) is 3.20. The number of aliphatic hydroxyl groups is 1. The first-order valence-electron chi connectivity index (χ1n) is 8.15. The summed E-state index contributed by atoms with van der Waals surface area (Å²) in [6.45, 7) is 0.863. The van der Waals surface area contributed by atoms with E-state index in [4.69, 9.17) is 5.11 Å². The number of aryl methyl sites for hydroxylation is 1. The predicted molar refractivity (Wildman–Crippen MR) is 82.0 cm³/mol. The van der Waals surface area contributed by atoms with Crippen LogP contribution in [0.3, 0.4) is 0 Å². The highest BCUT2D eigenvalue weighted by molar-refractivity contribution is 5.75. The number of carbonyl (C=O) groups is 1. The van der Waals surface area contributed by atoms with Gasteiger partial charge in [0, 0.05) is 19.2 Å². The molecule has 0 saturated heterocycles. The quantitative estimate of drug-likeness (QED) is 0.794. The Morgan fingerprint density at radius 3 is 2.86 bits per heavy atom. The summed E-state index contributed by atoms with van der Waals surface area (Å²) in [4.78, 5) is 14.4. The molecule has 0 bridgehead atoms. The molecule has 5 heteroatoms. The van der Waals surface area contributed by atoms with Crippen molar-refractivity contribution in [1.29, 1.82) is 0 Å². The fraction of sp³-hybridized carbons (Fsp3) is 0.588. The molecular formula is C17H23FN2O2. The van der Waals surface area contributed by atoms with E-state index in [2.05, 4.69) is 5.32 Å². The van der Waals surface area contributed by atoms with Crippen molar-refractivity contribution in [3.8, 4) is 0 Å². The molecule has 2 aliphatic rings. The Hall–Kier alpha value is -1.62. The molecule has 22 heavy (non-hydrogen) atoms. The van der Waals surface area contributed by atoms with Crippen LogP contribution in [0, 0.1) is 5.82 Å². The van der Waals surface area contributed by atoms with Crippen molar-refractivity contribution in [2.75, 3.05) is 13.2 Å². The average Bonchev–Trinajstić information content (AvgIpc) is 3.26. The first-order valence-corrected chi connectivity index (χ1v) is 8.15. The maximum atomic E-state index is 13.3. The zero-order valence-corrected chi connectivity index (χ0v) is 12.7. The Kier molecular flexibility index (Phi) is 4.62. The molecule has 0 radical (unpaired) electrons. The molecule has 2 aliphatic carbocycles. The van der Waals surface area contributed by atoms with Crippen LogP contribution in [0.4, 0.5) is 9.18 Å². The summed E-state index contributed by atoms with van der Waals surface area (Å²) in [7, 11) is 0. The van der Waals surface area contributed by atoms with E-state index >= 15 is 0 Å². The van der Waals surface area contributed by atoms with Crippen LogP contribution in [-0.4, -0.2) is 35.2 Å². The van der Waals surface area contributed by atoms with Crippen LogP contribution in [0.2, 0.25) is 0 Å². The van der Waals surface area contributed by atoms with E-state index in [0.717, 1.165) is 49.7 Å². The number of halogens is 1. The monoisotopic (exact) mass is 306 g/mol. The van der Waals surface area contributed by atoms with Gasteiger partial charge in [0.05, 0.1) is 6.04 Å². The van der Waals surface area contributed by atoms with Gasteiger partial charge >= 0.3 is 6.03 Å². The zero-order chi connectivity index (χ0) is 15.5. The lowest BCUT2D eigenvalue weighted by Gasteiger charge is -2.25. The number of fused-ring (bicyclic) bond motifs is 1. The van der Waals surface area contributed by atoms with Crippen molar-refractivity contribution < 1.29 is 14.3 Å². The molecule has 0 heterocycles. The number of nitrogens with zero attached hydrogens (tertiary/aromatic N) is 1. The fourth-order valence-electron chi connectivity index (χ4n) is 3.20. The first-order chi connectivity index (χ1) is 10.7. The van der Waals surface area contributed by atoms with E-state index in [0.29, 0.717) is 12.6 Å². The van der Waals surface area contributed by atoms with Gasteiger partial charge in [-0.2, -0.15) is 0 Å². The van der Waals surface area contributed by atoms with Crippen molar-refractivity contribution in [2.45, 2.75) is 50.6 Å². The van der Waals surface area contributed by atoms with Gasteiger partial charge in [-0.3, -0.25) is 0 Å². The topological polar surface area (TPSA) is 52.6 Å². The third-order valence-electron chi connectivity index (χ3n) is 4.54. The summed E-state index contributed by atoms with van der Waals surface area (Å²) in [5.74, 6) is -0.214. The molecule has 2 N–H and O–H groups in total. The molecule has 1 atom stereocenters. The summed E-state index contributed by atoms with van der Waals surface area (Å²) in [6.07, 6.45) is 5.33. The Bertz CT molecular complexity index is 545. The molecule has 1 aromatic carbocycles. The molecule has 120 valence electrons. The van der Waals surface area contributed by atoms with Crippen LogP contribution in [0.15, 0.2) is 18.2 Å². The number of urea groups is 1. The van der Waals surface area contributed by atoms with Crippen molar-refractivity contribution in [1.82, 2.24) is 10.2 Å². The Morgan fingerprint density at radius 2 is 2.14 bits per heavy atom. The molecule has 1 saturated carbocycles. The minimum atomic E-state index is -0.214. The number of amides is 2. The zero-order valence-electron chi connectivity index (χ0n) is 12.7. The smallest absolute Gasteiger partial charge is 0.318 e. The molecule has 1 unspecified atom stereocenters. The van der Waals surface area contributed by atoms with Crippen molar-refractivity contribution in [3.63, 3.8) is 0 Å². The normalized spacial score (nSPS) is 19.8. The number of unbranched alkanes of at least 4 members (excludes halogenated alkanes) is 1. The summed E-state index contributed by atoms with van der Waals surface area (Å²) in [6, 6.07) is 5.14. The summed E-state index contributed by atoms with van der Waals surface area (Å²) >= 11 is 0. The number of hydrogen-bond donors (Lipinski definition) is 2. The molecule has 0 aliphatic heterocycles. The number of aliphatic hydroxyl groups excluding tert-OH is 1. The molecule has 3 rings (SSSR count). The SMILES string of the molecule is O=C(NC1CCc2cc(F)ccc21)N(CCCCO)C1CC1. The van der Waals surface area contributed by atoms with Crippen molar-refractivity contribution >= 4 is 6.03 Å². The van der Waals surface area contributed by atoms with Gasteiger partial charge in [0.1, 0.15) is 5.82 Å². The van der Waals surface area contributed by atoms with E-state index in [1.165, 1.54) is 6.07 Å².